The Balaban J connectivity index is 1.50. The van der Waals surface area contributed by atoms with Gasteiger partial charge in [0.1, 0.15) is 0 Å². The van der Waals surface area contributed by atoms with Gasteiger partial charge in [-0.25, -0.2) is 0 Å². The zero-order valence-corrected chi connectivity index (χ0v) is 15.7. The average molecular weight is 376 g/mol. The number of amides is 1. The third-order valence-electron chi connectivity index (χ3n) is 4.14. The van der Waals surface area contributed by atoms with Crippen LogP contribution in [-0.2, 0) is 10.5 Å². The van der Waals surface area contributed by atoms with Crippen molar-refractivity contribution in [2.24, 2.45) is 0 Å². The van der Waals surface area contributed by atoms with Gasteiger partial charge in [0.2, 0.25) is 5.91 Å². The molecule has 0 bridgehead atoms. The highest BCUT2D eigenvalue weighted by Gasteiger charge is 2.14. The van der Waals surface area contributed by atoms with Gasteiger partial charge >= 0.3 is 0 Å². The van der Waals surface area contributed by atoms with Crippen LogP contribution < -0.4 is 10.2 Å². The van der Waals surface area contributed by atoms with Crippen molar-refractivity contribution in [1.82, 2.24) is 4.98 Å². The Morgan fingerprint density at radius 2 is 2.04 bits per heavy atom. The third-order valence-corrected chi connectivity index (χ3v) is 5.41. The van der Waals surface area contributed by atoms with Gasteiger partial charge in [-0.05, 0) is 49.6 Å². The topological polar surface area (TPSA) is 45.2 Å². The van der Waals surface area contributed by atoms with Crippen LogP contribution in [-0.4, -0.2) is 29.7 Å². The fourth-order valence-electron chi connectivity index (χ4n) is 2.90. The minimum Gasteiger partial charge on any atom is -0.370 e. The third kappa shape index (κ3) is 5.38. The molecule has 6 heteroatoms. The first-order valence-corrected chi connectivity index (χ1v) is 10.1. The van der Waals surface area contributed by atoms with Crippen molar-refractivity contribution in [2.75, 3.05) is 29.1 Å². The zero-order valence-electron chi connectivity index (χ0n) is 14.1. The summed E-state index contributed by atoms with van der Waals surface area (Å²) in [6.45, 7) is 2.10. The lowest BCUT2D eigenvalue weighted by Gasteiger charge is -2.29. The Labute approximate surface area is 158 Å². The number of benzene rings is 1. The molecule has 1 amide bonds. The monoisotopic (exact) mass is 375 g/mol. The first-order valence-electron chi connectivity index (χ1n) is 8.54. The maximum absolute atomic E-state index is 12.1. The van der Waals surface area contributed by atoms with Crippen LogP contribution in [0.2, 0.25) is 5.02 Å². The van der Waals surface area contributed by atoms with E-state index in [0.717, 1.165) is 35.9 Å². The highest BCUT2D eigenvalue weighted by Crippen LogP contribution is 2.30. The molecular weight excluding hydrogens is 354 g/mol. The predicted molar refractivity (Wildman–Crippen MR) is 107 cm³/mol. The summed E-state index contributed by atoms with van der Waals surface area (Å²) in [5.74, 6) is 1.09. The standard InChI is InChI=1S/C19H22ClN3OS/c20-17-12-15(7-8-18(17)23-10-4-1-5-11-23)22-19(24)14-25-13-16-6-2-3-9-21-16/h2-3,6-9,12H,1,4-5,10-11,13-14H2,(H,22,24). The number of carbonyl (C=O) groups excluding carboxylic acids is 1. The van der Waals surface area contributed by atoms with E-state index < -0.39 is 0 Å². The summed E-state index contributed by atoms with van der Waals surface area (Å²) in [5, 5.41) is 3.61. The van der Waals surface area contributed by atoms with Crippen LogP contribution in [0, 0.1) is 0 Å². The number of piperidine rings is 1. The Bertz CT molecular complexity index is 705. The van der Waals surface area contributed by atoms with Gasteiger partial charge in [0, 0.05) is 30.7 Å². The van der Waals surface area contributed by atoms with Gasteiger partial charge in [0.25, 0.3) is 0 Å². The van der Waals surface area contributed by atoms with Gasteiger partial charge in [0.15, 0.2) is 0 Å². The van der Waals surface area contributed by atoms with Crippen LogP contribution in [0.3, 0.4) is 0 Å². The van der Waals surface area contributed by atoms with E-state index in [1.807, 2.05) is 36.4 Å². The highest BCUT2D eigenvalue weighted by molar-refractivity contribution is 7.99. The molecular formula is C19H22ClN3OS. The SMILES string of the molecule is O=C(CSCc1ccccn1)Nc1ccc(N2CCCCC2)c(Cl)c1. The second-order valence-corrected chi connectivity index (χ2v) is 7.47. The molecule has 0 atom stereocenters. The Morgan fingerprint density at radius 3 is 2.76 bits per heavy atom. The normalized spacial score (nSPS) is 14.4. The quantitative estimate of drug-likeness (QED) is 0.801. The Kier molecular flexibility index (Phi) is 6.59. The maximum Gasteiger partial charge on any atom is 0.234 e. The number of thioether (sulfide) groups is 1. The smallest absolute Gasteiger partial charge is 0.234 e. The minimum atomic E-state index is -0.0253. The fourth-order valence-corrected chi connectivity index (χ4v) is 3.94. The number of nitrogens with one attached hydrogen (secondary N) is 1. The zero-order chi connectivity index (χ0) is 17.5. The van der Waals surface area contributed by atoms with E-state index in [1.165, 1.54) is 19.3 Å². The van der Waals surface area contributed by atoms with Gasteiger partial charge in [-0.15, -0.1) is 11.8 Å². The fraction of sp³-hybridized carbons (Fsp3) is 0.368. The van der Waals surface area contributed by atoms with E-state index in [-0.39, 0.29) is 5.91 Å². The molecule has 1 aromatic carbocycles. The van der Waals surface area contributed by atoms with Crippen LogP contribution in [0.1, 0.15) is 25.0 Å². The van der Waals surface area contributed by atoms with Crippen molar-refractivity contribution in [3.63, 3.8) is 0 Å². The van der Waals surface area contributed by atoms with E-state index in [9.17, 15) is 4.79 Å². The van der Waals surface area contributed by atoms with E-state index in [1.54, 1.807) is 18.0 Å². The highest BCUT2D eigenvalue weighted by atomic mass is 35.5. The van der Waals surface area contributed by atoms with Crippen molar-refractivity contribution in [2.45, 2.75) is 25.0 Å². The summed E-state index contributed by atoms with van der Waals surface area (Å²) >= 11 is 7.97. The van der Waals surface area contributed by atoms with E-state index >= 15 is 0 Å². The summed E-state index contributed by atoms with van der Waals surface area (Å²) in [5.41, 5.74) is 2.78. The van der Waals surface area contributed by atoms with Crippen molar-refractivity contribution < 1.29 is 4.79 Å². The second-order valence-electron chi connectivity index (χ2n) is 6.08. The molecule has 132 valence electrons. The second kappa shape index (κ2) is 9.11. The van der Waals surface area contributed by atoms with E-state index in [4.69, 9.17) is 11.6 Å². The lowest BCUT2D eigenvalue weighted by molar-refractivity contribution is -0.113. The number of carbonyl (C=O) groups is 1. The number of aromatic nitrogens is 1. The molecule has 3 rings (SSSR count). The molecule has 1 aromatic heterocycles. The number of hydrogen-bond donors (Lipinski definition) is 1. The van der Waals surface area contributed by atoms with Crippen LogP contribution >= 0.6 is 23.4 Å². The van der Waals surface area contributed by atoms with Crippen LogP contribution in [0.15, 0.2) is 42.6 Å². The van der Waals surface area contributed by atoms with Gasteiger partial charge in [-0.3, -0.25) is 9.78 Å². The maximum atomic E-state index is 12.1. The van der Waals surface area contributed by atoms with Crippen LogP contribution in [0.25, 0.3) is 0 Å². The number of rotatable bonds is 6. The van der Waals surface area contributed by atoms with Crippen molar-refractivity contribution in [3.8, 4) is 0 Å². The van der Waals surface area contributed by atoms with Crippen LogP contribution in [0.5, 0.6) is 0 Å². The molecule has 1 fully saturated rings. The van der Waals surface area contributed by atoms with Gasteiger partial charge in [-0.2, -0.15) is 0 Å². The molecule has 0 aliphatic carbocycles. The Morgan fingerprint density at radius 1 is 1.20 bits per heavy atom. The minimum absolute atomic E-state index is 0.0253. The van der Waals surface area contributed by atoms with Crippen LogP contribution in [0.4, 0.5) is 11.4 Å². The van der Waals surface area contributed by atoms with Crippen molar-refractivity contribution >= 4 is 40.6 Å². The molecule has 1 saturated heterocycles. The number of nitrogens with zero attached hydrogens (tertiary/aromatic N) is 2. The van der Waals surface area contributed by atoms with E-state index in [0.29, 0.717) is 10.8 Å². The lowest BCUT2D eigenvalue weighted by atomic mass is 10.1. The summed E-state index contributed by atoms with van der Waals surface area (Å²) in [7, 11) is 0. The molecule has 2 aromatic rings. The van der Waals surface area contributed by atoms with Crippen molar-refractivity contribution in [1.29, 1.82) is 0 Å². The molecule has 0 spiro atoms. The molecule has 0 unspecified atom stereocenters. The molecule has 25 heavy (non-hydrogen) atoms. The van der Waals surface area contributed by atoms with Gasteiger partial charge in [-0.1, -0.05) is 17.7 Å². The average Bonchev–Trinajstić information content (AvgIpc) is 2.63. The first kappa shape index (κ1) is 18.1. The molecule has 2 heterocycles. The first-order chi connectivity index (χ1) is 12.2. The summed E-state index contributed by atoms with van der Waals surface area (Å²) in [6.07, 6.45) is 5.48. The molecule has 0 saturated carbocycles. The molecule has 0 radical (unpaired) electrons. The largest absolute Gasteiger partial charge is 0.370 e. The molecule has 1 N–H and O–H groups in total. The number of pyridine rings is 1. The number of anilines is 2. The number of hydrogen-bond acceptors (Lipinski definition) is 4. The van der Waals surface area contributed by atoms with E-state index in [2.05, 4.69) is 15.2 Å². The van der Waals surface area contributed by atoms with Gasteiger partial charge < -0.3 is 10.2 Å². The summed E-state index contributed by atoms with van der Waals surface area (Å²) in [4.78, 5) is 18.7. The molecule has 1 aliphatic heterocycles. The molecule has 4 nitrogen and oxygen atoms in total. The summed E-state index contributed by atoms with van der Waals surface area (Å²) in [6, 6.07) is 11.6. The number of halogens is 1. The molecule has 1 aliphatic rings. The van der Waals surface area contributed by atoms with Gasteiger partial charge in [0.05, 0.1) is 22.2 Å². The summed E-state index contributed by atoms with van der Waals surface area (Å²) < 4.78 is 0. The Hall–Kier alpha value is -1.72. The lowest BCUT2D eigenvalue weighted by Crippen LogP contribution is -2.29. The van der Waals surface area contributed by atoms with Crippen molar-refractivity contribution in [3.05, 3.63) is 53.3 Å². The predicted octanol–water partition coefficient (Wildman–Crippen LogP) is 4.60.